The first-order chi connectivity index (χ1) is 14.8. The average molecular weight is 493 g/mol. The van der Waals surface area contributed by atoms with Gasteiger partial charge in [-0.3, -0.25) is 25.0 Å². The summed E-state index contributed by atoms with van der Waals surface area (Å²) in [5.41, 5.74) is 0.386. The van der Waals surface area contributed by atoms with Crippen molar-refractivity contribution in [3.05, 3.63) is 66.7 Å². The largest absolute Gasteiger partial charge is 0.452 e. The minimum Gasteiger partial charge on any atom is -0.452 e. The lowest BCUT2D eigenvalue weighted by atomic mass is 10.1. The lowest BCUT2D eigenvalue weighted by Crippen LogP contribution is -2.24. The summed E-state index contributed by atoms with van der Waals surface area (Å²) in [6.07, 6.45) is 1.88. The van der Waals surface area contributed by atoms with Gasteiger partial charge in [-0.05, 0) is 40.9 Å². The van der Waals surface area contributed by atoms with Crippen LogP contribution < -0.4 is 10.2 Å². The summed E-state index contributed by atoms with van der Waals surface area (Å²) in [4.78, 5) is 47.4. The summed E-state index contributed by atoms with van der Waals surface area (Å²) < 4.78 is 5.36. The molecular formula is C19H17BrN4O7. The lowest BCUT2D eigenvalue weighted by molar-refractivity contribution is -0.385. The minimum absolute atomic E-state index is 0.0143. The molecule has 2 aromatic rings. The van der Waals surface area contributed by atoms with E-state index in [0.29, 0.717) is 18.8 Å². The van der Waals surface area contributed by atoms with Crippen LogP contribution in [-0.2, 0) is 9.53 Å². The van der Waals surface area contributed by atoms with Gasteiger partial charge in [-0.15, -0.1) is 0 Å². The summed E-state index contributed by atoms with van der Waals surface area (Å²) in [6, 6.07) is 7.76. The second-order valence-electron chi connectivity index (χ2n) is 6.70. The third-order valence-electron chi connectivity index (χ3n) is 4.63. The zero-order valence-electron chi connectivity index (χ0n) is 16.1. The number of hydrogen-bond donors (Lipinski definition) is 1. The van der Waals surface area contributed by atoms with E-state index in [0.717, 1.165) is 18.9 Å². The van der Waals surface area contributed by atoms with E-state index in [9.17, 15) is 29.8 Å². The Morgan fingerprint density at radius 2 is 1.65 bits per heavy atom. The van der Waals surface area contributed by atoms with Crippen LogP contribution in [0.1, 0.15) is 23.2 Å². The molecule has 2 aromatic carbocycles. The molecule has 1 aliphatic heterocycles. The van der Waals surface area contributed by atoms with Crippen LogP contribution in [0.15, 0.2) is 40.9 Å². The Bertz CT molecular complexity index is 1050. The second kappa shape index (κ2) is 9.51. The Morgan fingerprint density at radius 3 is 2.26 bits per heavy atom. The molecule has 0 aromatic heterocycles. The van der Waals surface area contributed by atoms with Crippen molar-refractivity contribution < 1.29 is 24.2 Å². The maximum absolute atomic E-state index is 12.6. The molecule has 1 fully saturated rings. The SMILES string of the molecule is O=C(COC(=O)c1cc([N+](=O)[O-])ccc1N1CCCC1)Nc1ccc([N+](=O)[O-])cc1Br. The Kier molecular flexibility index (Phi) is 6.80. The van der Waals surface area contributed by atoms with Crippen LogP contribution in [0.5, 0.6) is 0 Å². The number of nitrogens with zero attached hydrogens (tertiary/aromatic N) is 3. The Morgan fingerprint density at radius 1 is 1.03 bits per heavy atom. The molecule has 0 bridgehead atoms. The molecule has 0 atom stereocenters. The Labute approximate surface area is 184 Å². The van der Waals surface area contributed by atoms with Crippen LogP contribution in [0.25, 0.3) is 0 Å². The molecule has 31 heavy (non-hydrogen) atoms. The second-order valence-corrected chi connectivity index (χ2v) is 7.55. The third-order valence-corrected chi connectivity index (χ3v) is 5.29. The number of nitro groups is 2. The van der Waals surface area contributed by atoms with Gasteiger partial charge in [0.15, 0.2) is 6.61 Å². The highest BCUT2D eigenvalue weighted by Gasteiger charge is 2.24. The number of nitro benzene ring substituents is 2. The van der Waals surface area contributed by atoms with Gasteiger partial charge >= 0.3 is 5.97 Å². The maximum Gasteiger partial charge on any atom is 0.341 e. The van der Waals surface area contributed by atoms with Gasteiger partial charge in [-0.1, -0.05) is 0 Å². The monoisotopic (exact) mass is 492 g/mol. The van der Waals surface area contributed by atoms with Crippen LogP contribution in [0.2, 0.25) is 0 Å². The van der Waals surface area contributed by atoms with E-state index < -0.39 is 28.3 Å². The highest BCUT2D eigenvalue weighted by molar-refractivity contribution is 9.10. The number of amides is 1. The number of rotatable bonds is 7. The van der Waals surface area contributed by atoms with E-state index in [1.54, 1.807) is 0 Å². The third kappa shape index (κ3) is 5.34. The van der Waals surface area contributed by atoms with E-state index in [-0.39, 0.29) is 27.1 Å². The maximum atomic E-state index is 12.6. The van der Waals surface area contributed by atoms with Gasteiger partial charge in [-0.25, -0.2) is 4.79 Å². The van der Waals surface area contributed by atoms with Crippen LogP contribution in [0.3, 0.4) is 0 Å². The van der Waals surface area contributed by atoms with E-state index in [1.807, 2.05) is 4.90 Å². The molecule has 1 aliphatic rings. The fourth-order valence-electron chi connectivity index (χ4n) is 3.15. The van der Waals surface area contributed by atoms with Crippen LogP contribution in [0.4, 0.5) is 22.7 Å². The predicted octanol–water partition coefficient (Wildman–Crippen LogP) is 3.66. The number of ether oxygens (including phenoxy) is 1. The van der Waals surface area contributed by atoms with Crippen molar-refractivity contribution in [2.45, 2.75) is 12.8 Å². The molecular weight excluding hydrogens is 476 g/mol. The van der Waals surface area contributed by atoms with Gasteiger partial charge in [0.1, 0.15) is 0 Å². The first-order valence-corrected chi connectivity index (χ1v) is 10.00. The normalized spacial score (nSPS) is 13.0. The zero-order chi connectivity index (χ0) is 22.5. The highest BCUT2D eigenvalue weighted by atomic mass is 79.9. The Hall–Kier alpha value is -3.54. The molecule has 0 aliphatic carbocycles. The fourth-order valence-corrected chi connectivity index (χ4v) is 3.61. The number of halogens is 1. The number of carbonyl (C=O) groups is 2. The topological polar surface area (TPSA) is 145 Å². The number of carbonyl (C=O) groups excluding carboxylic acids is 2. The number of benzene rings is 2. The van der Waals surface area contributed by atoms with E-state index in [1.165, 1.54) is 30.3 Å². The molecule has 0 unspecified atom stereocenters. The molecule has 0 radical (unpaired) electrons. The summed E-state index contributed by atoms with van der Waals surface area (Å²) in [5.74, 6) is -1.53. The van der Waals surface area contributed by atoms with E-state index in [4.69, 9.17) is 4.74 Å². The number of nitrogens with one attached hydrogen (secondary N) is 1. The standard InChI is InChI=1S/C19H17BrN4O7/c20-15-10-13(24(29)30)3-5-16(15)21-18(25)11-31-19(26)14-9-12(23(27)28)4-6-17(14)22-7-1-2-8-22/h3-6,9-10H,1-2,7-8,11H2,(H,21,25). The summed E-state index contributed by atoms with van der Waals surface area (Å²) in [6.45, 7) is 0.796. The van der Waals surface area contributed by atoms with Gasteiger partial charge in [-0.2, -0.15) is 0 Å². The average Bonchev–Trinajstić information content (AvgIpc) is 3.27. The zero-order valence-corrected chi connectivity index (χ0v) is 17.7. The van der Waals surface area contributed by atoms with Gasteiger partial charge in [0, 0.05) is 41.8 Å². The first-order valence-electron chi connectivity index (χ1n) is 9.20. The van der Waals surface area contributed by atoms with Gasteiger partial charge < -0.3 is 15.0 Å². The molecule has 1 N–H and O–H groups in total. The van der Waals surface area contributed by atoms with E-state index in [2.05, 4.69) is 21.2 Å². The van der Waals surface area contributed by atoms with Crippen LogP contribution in [-0.4, -0.2) is 41.4 Å². The smallest absolute Gasteiger partial charge is 0.341 e. The molecule has 1 amide bonds. The van der Waals surface area contributed by atoms with Gasteiger partial charge in [0.2, 0.25) is 0 Å². The minimum atomic E-state index is -0.858. The molecule has 0 spiro atoms. The molecule has 1 heterocycles. The summed E-state index contributed by atoms with van der Waals surface area (Å²) in [5, 5.41) is 24.4. The quantitative estimate of drug-likeness (QED) is 0.350. The number of hydrogen-bond acceptors (Lipinski definition) is 8. The summed E-state index contributed by atoms with van der Waals surface area (Å²) in [7, 11) is 0. The Balaban J connectivity index is 1.70. The van der Waals surface area contributed by atoms with Crippen LogP contribution in [0, 0.1) is 20.2 Å². The van der Waals surface area contributed by atoms with E-state index >= 15 is 0 Å². The van der Waals surface area contributed by atoms with Crippen LogP contribution >= 0.6 is 15.9 Å². The van der Waals surface area contributed by atoms with Crippen molar-refractivity contribution in [1.29, 1.82) is 0 Å². The summed E-state index contributed by atoms with van der Waals surface area (Å²) >= 11 is 3.13. The molecule has 0 saturated carbocycles. The predicted molar refractivity (Wildman–Crippen MR) is 114 cm³/mol. The van der Waals surface area contributed by atoms with Gasteiger partial charge in [0.05, 0.1) is 26.8 Å². The number of non-ortho nitro benzene ring substituents is 2. The van der Waals surface area contributed by atoms with Crippen molar-refractivity contribution in [2.24, 2.45) is 0 Å². The lowest BCUT2D eigenvalue weighted by Gasteiger charge is -2.20. The van der Waals surface area contributed by atoms with Crippen molar-refractivity contribution in [3.8, 4) is 0 Å². The molecule has 3 rings (SSSR count). The molecule has 11 nitrogen and oxygen atoms in total. The van der Waals surface area contributed by atoms with Gasteiger partial charge in [0.25, 0.3) is 17.3 Å². The molecule has 12 heteroatoms. The molecule has 162 valence electrons. The molecule has 1 saturated heterocycles. The van der Waals surface area contributed by atoms with Crippen molar-refractivity contribution in [3.63, 3.8) is 0 Å². The van der Waals surface area contributed by atoms with Crippen molar-refractivity contribution in [2.75, 3.05) is 29.9 Å². The van der Waals surface area contributed by atoms with Crippen molar-refractivity contribution >= 4 is 50.6 Å². The van der Waals surface area contributed by atoms with Crippen molar-refractivity contribution in [1.82, 2.24) is 0 Å². The highest BCUT2D eigenvalue weighted by Crippen LogP contribution is 2.29. The number of anilines is 2. The first kappa shape index (κ1) is 22.2. The fraction of sp³-hybridized carbons (Fsp3) is 0.263. The number of esters is 1.